The minimum absolute atomic E-state index is 0.371. The summed E-state index contributed by atoms with van der Waals surface area (Å²) in [5, 5.41) is 4.30. The quantitative estimate of drug-likeness (QED) is 0.242. The Balaban J connectivity index is -0.0000000744. The fourth-order valence-corrected chi connectivity index (χ4v) is 5.40. The van der Waals surface area contributed by atoms with Gasteiger partial charge in [0.05, 0.1) is 0 Å². The Morgan fingerprint density at radius 3 is 0.932 bits per heavy atom. The van der Waals surface area contributed by atoms with Gasteiger partial charge in [0.25, 0.3) is 0 Å². The third-order valence-corrected chi connectivity index (χ3v) is 6.58. The van der Waals surface area contributed by atoms with Gasteiger partial charge in [-0.15, -0.1) is 0 Å². The molecule has 0 aliphatic heterocycles. The van der Waals surface area contributed by atoms with Gasteiger partial charge >= 0.3 is 283 Å². The molecule has 230 valence electrons. The number of ether oxygens (including phenoxy) is 2. The Hall–Kier alpha value is -2.48. The van der Waals surface area contributed by atoms with Crippen molar-refractivity contribution in [1.29, 1.82) is 0 Å². The molecule has 2 atom stereocenters. The molecule has 0 fully saturated rings. The summed E-state index contributed by atoms with van der Waals surface area (Å²) in [6, 6.07) is 8.72. The third kappa shape index (κ3) is 41.7. The van der Waals surface area contributed by atoms with Crippen molar-refractivity contribution in [3.8, 4) is 0 Å². The van der Waals surface area contributed by atoms with E-state index in [0.29, 0.717) is 25.0 Å². The Bertz CT molecular complexity index is 905. The van der Waals surface area contributed by atoms with Gasteiger partial charge in [-0.1, -0.05) is 0 Å². The summed E-state index contributed by atoms with van der Waals surface area (Å²) in [7, 11) is 0. The zero-order valence-corrected chi connectivity index (χ0v) is 27.2. The Kier molecular flexibility index (Phi) is 106. The maximum atomic E-state index is 7.50. The molecule has 0 bridgehead atoms. The molecule has 2 rings (SSSR count). The second-order valence-corrected chi connectivity index (χ2v) is 8.64. The molecule has 2 aromatic heterocycles. The van der Waals surface area contributed by atoms with E-state index < -0.39 is 0 Å². The van der Waals surface area contributed by atoms with Crippen molar-refractivity contribution < 1.29 is 87.7 Å². The molecule has 0 aliphatic carbocycles. The van der Waals surface area contributed by atoms with Crippen LogP contribution in [-0.4, -0.2) is 22.3 Å². The van der Waals surface area contributed by atoms with E-state index in [0.717, 1.165) is 22.0 Å². The molecule has 0 aromatic carbocycles. The van der Waals surface area contributed by atoms with Crippen LogP contribution < -0.4 is 0 Å². The topological polar surface area (TPSA) is 217 Å². The van der Waals surface area contributed by atoms with Gasteiger partial charge in [0.1, 0.15) is 0 Å². The van der Waals surface area contributed by atoms with E-state index in [1.807, 2.05) is 36.5 Å². The monoisotopic (exact) mass is 718 g/mol. The molecule has 12 nitrogen and oxygen atoms in total. The molecular formula is C28H22Cr2O12S2. The van der Waals surface area contributed by atoms with Gasteiger partial charge < -0.3 is 0 Å². The summed E-state index contributed by atoms with van der Waals surface area (Å²) in [5.41, 5.74) is 0. The van der Waals surface area contributed by atoms with Crippen molar-refractivity contribution in [1.82, 2.24) is 0 Å². The number of hydrogen-bond donors (Lipinski definition) is 0. The van der Waals surface area contributed by atoms with E-state index >= 15 is 0 Å². The second-order valence-electron chi connectivity index (χ2n) is 5.26. The van der Waals surface area contributed by atoms with Crippen LogP contribution in [-0.2, 0) is 87.7 Å². The molecule has 44 heavy (non-hydrogen) atoms. The SMILES string of the molecule is CCO[C](=[Cr])CC(c1cccs1)C(C[C](=[Cr])OCC)c1cccs1.[C-]#[O+].[C-]#[O+].[C-]#[O+].[C-]#[O+].[C-]#[O+].[C-]#[O+].[C-]#[O+].[C-]#[O+].[C-]#[O+].[C-]#[O+]. The van der Waals surface area contributed by atoms with Crippen molar-refractivity contribution in [2.45, 2.75) is 38.5 Å². The fourth-order valence-electron chi connectivity index (χ4n) is 2.69. The predicted molar refractivity (Wildman–Crippen MR) is 136 cm³/mol. The summed E-state index contributed by atoms with van der Waals surface area (Å²) in [6.07, 6.45) is 1.77. The van der Waals surface area contributed by atoms with Crippen LogP contribution in [0.3, 0.4) is 0 Å². The number of thiophene rings is 2. The molecule has 0 saturated heterocycles. The number of rotatable bonds is 11. The van der Waals surface area contributed by atoms with E-state index in [-0.39, 0.29) is 0 Å². The first-order chi connectivity index (χ1) is 21.7. The molecule has 0 radical (unpaired) electrons. The molecule has 0 saturated carbocycles. The summed E-state index contributed by atoms with van der Waals surface area (Å²) >= 11 is 9.85. The van der Waals surface area contributed by atoms with E-state index in [1.165, 1.54) is 9.75 Å². The van der Waals surface area contributed by atoms with Crippen molar-refractivity contribution in [2.75, 3.05) is 13.2 Å². The van der Waals surface area contributed by atoms with E-state index in [4.69, 9.17) is 56.0 Å². The summed E-state index contributed by atoms with van der Waals surface area (Å²) < 4.78 is 88.4. The molecular weight excluding hydrogens is 696 g/mol. The first-order valence-electron chi connectivity index (χ1n) is 10.1. The van der Waals surface area contributed by atoms with Crippen LogP contribution in [0.4, 0.5) is 0 Å². The van der Waals surface area contributed by atoms with Crippen molar-refractivity contribution in [2.24, 2.45) is 0 Å². The van der Waals surface area contributed by atoms with Crippen LogP contribution in [0.15, 0.2) is 35.0 Å². The zero-order chi connectivity index (χ0) is 37.4. The molecule has 16 heteroatoms. The first kappa shape index (κ1) is 64.5. The van der Waals surface area contributed by atoms with Crippen LogP contribution in [0.1, 0.15) is 48.3 Å². The predicted octanol–water partition coefficient (Wildman–Crippen LogP) is 4.51. The zero-order valence-electron chi connectivity index (χ0n) is 23.0. The van der Waals surface area contributed by atoms with Gasteiger partial charge in [0, 0.05) is 0 Å². The summed E-state index contributed by atoms with van der Waals surface area (Å²) in [5.74, 6) is 0.741. The Labute approximate surface area is 281 Å². The normalized spacial score (nSPS) is 7.86. The Morgan fingerprint density at radius 2 is 0.773 bits per heavy atom. The number of hydrogen-bond acceptors (Lipinski definition) is 4. The van der Waals surface area contributed by atoms with Crippen LogP contribution in [0.5, 0.6) is 0 Å². The van der Waals surface area contributed by atoms with Crippen molar-refractivity contribution in [3.05, 3.63) is 111 Å². The minimum atomic E-state index is 0.371. The second kappa shape index (κ2) is 72.6. The Morgan fingerprint density at radius 1 is 0.545 bits per heavy atom. The molecule has 0 spiro atoms. The van der Waals surface area contributed by atoms with E-state index in [1.54, 1.807) is 0 Å². The van der Waals surface area contributed by atoms with Gasteiger partial charge in [-0.3, -0.25) is 0 Å². The molecule has 0 amide bonds. The molecule has 0 aliphatic rings. The van der Waals surface area contributed by atoms with E-state index in [9.17, 15) is 0 Å². The van der Waals surface area contributed by atoms with Crippen LogP contribution in [0, 0.1) is 66.5 Å². The van der Waals surface area contributed by atoms with Crippen molar-refractivity contribution >= 4 is 31.8 Å². The summed E-state index contributed by atoms with van der Waals surface area (Å²) in [4.78, 5) is 2.79. The summed E-state index contributed by atoms with van der Waals surface area (Å²) in [6.45, 7) is 50.4. The molecule has 0 N–H and O–H groups in total. The van der Waals surface area contributed by atoms with E-state index in [2.05, 4.69) is 133 Å². The van der Waals surface area contributed by atoms with Gasteiger partial charge in [0.15, 0.2) is 0 Å². The van der Waals surface area contributed by atoms with Gasteiger partial charge in [-0.25, -0.2) is 0 Å². The van der Waals surface area contributed by atoms with Gasteiger partial charge in [-0.05, 0) is 0 Å². The van der Waals surface area contributed by atoms with Crippen molar-refractivity contribution in [3.63, 3.8) is 0 Å². The average molecular weight is 719 g/mol. The average Bonchev–Trinajstić information content (AvgIpc) is 3.88. The van der Waals surface area contributed by atoms with Gasteiger partial charge in [0.2, 0.25) is 0 Å². The van der Waals surface area contributed by atoms with Crippen LogP contribution >= 0.6 is 22.7 Å². The van der Waals surface area contributed by atoms with Crippen LogP contribution in [0.25, 0.3) is 0 Å². The standard InChI is InChI=1S/C18H22O2S2.10CO.2Cr/c1-3-19-11-9-15(17-7-5-13-21-17)16(10-12-20-4-2)18-8-6-14-22-18;10*1-2;;/h5-8,13-16H,3-4,9-10H2,1-2H3;;;;;;;;;;;;. The first-order valence-corrected chi connectivity index (χ1v) is 13.1. The van der Waals surface area contributed by atoms with Gasteiger partial charge in [-0.2, -0.15) is 0 Å². The van der Waals surface area contributed by atoms with Crippen LogP contribution in [0.2, 0.25) is 0 Å². The fraction of sp³-hybridized carbons (Fsp3) is 0.286. The molecule has 2 heterocycles. The maximum absolute atomic E-state index is 7.50. The molecule has 2 unspecified atom stereocenters. The third-order valence-electron chi connectivity index (χ3n) is 3.69. The molecule has 2 aromatic rings.